The molecule has 2 amide bonds. The molecule has 0 spiro atoms. The second-order valence-electron chi connectivity index (χ2n) is 7.75. The average molecular weight is 439 g/mol. The SMILES string of the molecule is CC[C@H](c1nc2ccccc2c(=O)n1-c1ccccc1OC)N1C(=O)c2ccccc2C1=O. The Bertz CT molecular complexity index is 1440. The van der Waals surface area contributed by atoms with Gasteiger partial charge in [0.05, 0.1) is 40.9 Å². The van der Waals surface area contributed by atoms with Gasteiger partial charge in [-0.3, -0.25) is 23.9 Å². The van der Waals surface area contributed by atoms with Crippen molar-refractivity contribution in [2.24, 2.45) is 0 Å². The number of methoxy groups -OCH3 is 1. The normalized spacial score (nSPS) is 13.9. The van der Waals surface area contributed by atoms with E-state index in [2.05, 4.69) is 0 Å². The number of ether oxygens (including phenoxy) is 1. The molecule has 0 fully saturated rings. The molecule has 1 aromatic heterocycles. The predicted octanol–water partition coefficient (Wildman–Crippen LogP) is 4.14. The molecule has 0 unspecified atom stereocenters. The fourth-order valence-electron chi connectivity index (χ4n) is 4.39. The van der Waals surface area contributed by atoms with Crippen molar-refractivity contribution in [1.29, 1.82) is 0 Å². The quantitative estimate of drug-likeness (QED) is 0.437. The average Bonchev–Trinajstić information content (AvgIpc) is 3.10. The lowest BCUT2D eigenvalue weighted by atomic mass is 10.1. The van der Waals surface area contributed by atoms with Gasteiger partial charge in [-0.05, 0) is 42.8 Å². The second kappa shape index (κ2) is 8.02. The minimum absolute atomic E-state index is 0.296. The molecule has 3 aromatic carbocycles. The van der Waals surface area contributed by atoms with Crippen molar-refractivity contribution in [1.82, 2.24) is 14.5 Å². The molecule has 5 rings (SSSR count). The van der Waals surface area contributed by atoms with Crippen molar-refractivity contribution in [2.45, 2.75) is 19.4 Å². The number of benzene rings is 3. The van der Waals surface area contributed by atoms with Crippen molar-refractivity contribution in [3.05, 3.63) is 100 Å². The summed E-state index contributed by atoms with van der Waals surface area (Å²) in [6.07, 6.45) is 0.380. The molecule has 7 nitrogen and oxygen atoms in total. The lowest BCUT2D eigenvalue weighted by Gasteiger charge is -2.27. The minimum Gasteiger partial charge on any atom is -0.495 e. The Morgan fingerprint density at radius 1 is 0.848 bits per heavy atom. The molecular formula is C26H21N3O4. The first-order valence-electron chi connectivity index (χ1n) is 10.7. The van der Waals surface area contributed by atoms with Crippen LogP contribution >= 0.6 is 0 Å². The van der Waals surface area contributed by atoms with Crippen LogP contribution in [0.5, 0.6) is 5.75 Å². The summed E-state index contributed by atoms with van der Waals surface area (Å²) in [6.45, 7) is 1.86. The Kier molecular flexibility index (Phi) is 5.01. The number of aromatic nitrogens is 2. The molecule has 0 saturated carbocycles. The first-order chi connectivity index (χ1) is 16.1. The van der Waals surface area contributed by atoms with Crippen LogP contribution < -0.4 is 10.3 Å². The van der Waals surface area contributed by atoms with E-state index in [1.54, 1.807) is 66.7 Å². The Balaban J connectivity index is 1.79. The summed E-state index contributed by atoms with van der Waals surface area (Å²) in [6, 6.07) is 20.2. The molecule has 0 N–H and O–H groups in total. The third kappa shape index (κ3) is 3.12. The number of para-hydroxylation sites is 3. The van der Waals surface area contributed by atoms with Crippen LogP contribution in [0.25, 0.3) is 16.6 Å². The van der Waals surface area contributed by atoms with Crippen LogP contribution in [0.4, 0.5) is 0 Å². The number of imide groups is 1. The van der Waals surface area contributed by atoms with Gasteiger partial charge in [0, 0.05) is 0 Å². The topological polar surface area (TPSA) is 81.5 Å². The van der Waals surface area contributed by atoms with Crippen molar-refractivity contribution in [3.8, 4) is 11.4 Å². The fourth-order valence-corrected chi connectivity index (χ4v) is 4.39. The van der Waals surface area contributed by atoms with Crippen LogP contribution in [0.15, 0.2) is 77.6 Å². The molecule has 0 saturated heterocycles. The number of carbonyl (C=O) groups is 2. The van der Waals surface area contributed by atoms with Gasteiger partial charge in [0.2, 0.25) is 0 Å². The van der Waals surface area contributed by atoms with Crippen LogP contribution in [0, 0.1) is 0 Å². The molecule has 1 aliphatic rings. The van der Waals surface area contributed by atoms with Gasteiger partial charge >= 0.3 is 0 Å². The van der Waals surface area contributed by atoms with Crippen LogP contribution in [0.1, 0.15) is 45.9 Å². The highest BCUT2D eigenvalue weighted by atomic mass is 16.5. The number of hydrogen-bond acceptors (Lipinski definition) is 5. The molecular weight excluding hydrogens is 418 g/mol. The summed E-state index contributed by atoms with van der Waals surface area (Å²) >= 11 is 0. The Morgan fingerprint density at radius 2 is 1.45 bits per heavy atom. The van der Waals surface area contributed by atoms with E-state index in [1.165, 1.54) is 16.6 Å². The Labute approximate surface area is 189 Å². The maximum absolute atomic E-state index is 13.7. The molecule has 2 heterocycles. The lowest BCUT2D eigenvalue weighted by molar-refractivity contribution is 0.0568. The van der Waals surface area contributed by atoms with E-state index in [0.29, 0.717) is 45.7 Å². The third-order valence-corrected chi connectivity index (χ3v) is 5.95. The number of carbonyl (C=O) groups excluding carboxylic acids is 2. The third-order valence-electron chi connectivity index (χ3n) is 5.95. The number of hydrogen-bond donors (Lipinski definition) is 0. The second-order valence-corrected chi connectivity index (χ2v) is 7.75. The van der Waals surface area contributed by atoms with E-state index in [-0.39, 0.29) is 5.56 Å². The summed E-state index contributed by atoms with van der Waals surface area (Å²) in [5.41, 5.74) is 1.41. The standard InChI is InChI=1S/C26H21N3O4/c1-3-20(29-24(30)16-10-4-5-11-17(16)25(29)31)23-27-19-13-7-6-12-18(19)26(32)28(23)21-14-8-9-15-22(21)33-2/h4-15,20H,3H2,1-2H3/t20-/m1/s1. The maximum Gasteiger partial charge on any atom is 0.266 e. The molecule has 4 aromatic rings. The van der Waals surface area contributed by atoms with E-state index >= 15 is 0 Å². The largest absolute Gasteiger partial charge is 0.495 e. The molecule has 0 radical (unpaired) electrons. The molecule has 164 valence electrons. The first kappa shape index (κ1) is 20.6. The highest BCUT2D eigenvalue weighted by Gasteiger charge is 2.41. The van der Waals surface area contributed by atoms with Crippen molar-refractivity contribution in [2.75, 3.05) is 7.11 Å². The Morgan fingerprint density at radius 3 is 2.12 bits per heavy atom. The summed E-state index contributed by atoms with van der Waals surface area (Å²) in [7, 11) is 1.53. The van der Waals surface area contributed by atoms with Gasteiger partial charge < -0.3 is 4.74 Å². The molecule has 7 heteroatoms. The smallest absolute Gasteiger partial charge is 0.266 e. The molecule has 0 aliphatic carbocycles. The first-order valence-corrected chi connectivity index (χ1v) is 10.7. The number of fused-ring (bicyclic) bond motifs is 2. The van der Waals surface area contributed by atoms with Crippen LogP contribution in [0.2, 0.25) is 0 Å². The van der Waals surface area contributed by atoms with Crippen molar-refractivity contribution in [3.63, 3.8) is 0 Å². The molecule has 33 heavy (non-hydrogen) atoms. The van der Waals surface area contributed by atoms with Gasteiger partial charge in [-0.25, -0.2) is 4.98 Å². The van der Waals surface area contributed by atoms with E-state index in [1.807, 2.05) is 13.0 Å². The summed E-state index contributed by atoms with van der Waals surface area (Å²) in [5.74, 6) is 0.00298. The van der Waals surface area contributed by atoms with Gasteiger partial charge in [-0.2, -0.15) is 0 Å². The van der Waals surface area contributed by atoms with Gasteiger partial charge in [-0.15, -0.1) is 0 Å². The summed E-state index contributed by atoms with van der Waals surface area (Å²) in [5, 5.41) is 0.435. The maximum atomic E-state index is 13.7. The Hall–Kier alpha value is -4.26. The molecule has 1 atom stereocenters. The van der Waals surface area contributed by atoms with E-state index < -0.39 is 17.9 Å². The van der Waals surface area contributed by atoms with E-state index in [4.69, 9.17) is 9.72 Å². The highest BCUT2D eigenvalue weighted by Crippen LogP contribution is 2.34. The minimum atomic E-state index is -0.750. The number of nitrogens with zero attached hydrogens (tertiary/aromatic N) is 3. The number of rotatable bonds is 5. The highest BCUT2D eigenvalue weighted by molar-refractivity contribution is 6.21. The van der Waals surface area contributed by atoms with Gasteiger partial charge in [0.15, 0.2) is 0 Å². The van der Waals surface area contributed by atoms with Crippen LogP contribution in [0.3, 0.4) is 0 Å². The zero-order valence-electron chi connectivity index (χ0n) is 18.2. The predicted molar refractivity (Wildman–Crippen MR) is 124 cm³/mol. The molecule has 0 bridgehead atoms. The van der Waals surface area contributed by atoms with Gasteiger partial charge in [0.25, 0.3) is 17.4 Å². The van der Waals surface area contributed by atoms with Crippen molar-refractivity contribution < 1.29 is 14.3 Å². The lowest BCUT2D eigenvalue weighted by Crippen LogP contribution is -2.38. The summed E-state index contributed by atoms with van der Waals surface area (Å²) in [4.78, 5) is 46.3. The summed E-state index contributed by atoms with van der Waals surface area (Å²) < 4.78 is 6.98. The zero-order chi connectivity index (χ0) is 23.1. The van der Waals surface area contributed by atoms with Crippen LogP contribution in [-0.4, -0.2) is 33.4 Å². The number of amides is 2. The van der Waals surface area contributed by atoms with E-state index in [9.17, 15) is 14.4 Å². The monoisotopic (exact) mass is 439 g/mol. The van der Waals surface area contributed by atoms with Gasteiger partial charge in [0.1, 0.15) is 11.6 Å². The van der Waals surface area contributed by atoms with E-state index in [0.717, 1.165) is 0 Å². The van der Waals surface area contributed by atoms with Crippen LogP contribution in [-0.2, 0) is 0 Å². The zero-order valence-corrected chi connectivity index (χ0v) is 18.2. The van der Waals surface area contributed by atoms with Crippen molar-refractivity contribution >= 4 is 22.7 Å². The van der Waals surface area contributed by atoms with Gasteiger partial charge in [-0.1, -0.05) is 43.3 Å². The molecule has 1 aliphatic heterocycles. The fraction of sp³-hybridized carbons (Fsp3) is 0.154.